The molecule has 0 saturated carbocycles. The molecule has 2 heteroatoms. The highest BCUT2D eigenvalue weighted by Gasteiger charge is 2.10. The van der Waals surface area contributed by atoms with Gasteiger partial charge in [-0.1, -0.05) is 45.9 Å². The molecule has 2 atom stereocenters. The van der Waals surface area contributed by atoms with E-state index in [1.54, 1.807) is 0 Å². The number of nitrogens with two attached hydrogens (primary N) is 1. The normalized spacial score (nSPS) is 15.4. The molecular weight excluding hydrogens is 172 g/mol. The van der Waals surface area contributed by atoms with E-state index in [-0.39, 0.29) is 5.92 Å². The van der Waals surface area contributed by atoms with Crippen molar-refractivity contribution in [1.29, 1.82) is 5.41 Å². The van der Waals surface area contributed by atoms with Gasteiger partial charge >= 0.3 is 0 Å². The quantitative estimate of drug-likeness (QED) is 0.495. The van der Waals surface area contributed by atoms with Crippen molar-refractivity contribution in [2.45, 2.75) is 33.6 Å². The van der Waals surface area contributed by atoms with Crippen molar-refractivity contribution in [1.82, 2.24) is 0 Å². The lowest BCUT2D eigenvalue weighted by molar-refractivity contribution is 0.686. The van der Waals surface area contributed by atoms with E-state index in [0.717, 1.165) is 12.8 Å². The molecular formula is C12H22N2. The van der Waals surface area contributed by atoms with Gasteiger partial charge in [0.1, 0.15) is 0 Å². The third kappa shape index (κ3) is 4.26. The summed E-state index contributed by atoms with van der Waals surface area (Å²) in [6.45, 7) is 9.98. The van der Waals surface area contributed by atoms with Gasteiger partial charge in [0.25, 0.3) is 0 Å². The fourth-order valence-electron chi connectivity index (χ4n) is 1.13. The van der Waals surface area contributed by atoms with Crippen LogP contribution < -0.4 is 5.73 Å². The van der Waals surface area contributed by atoms with Gasteiger partial charge in [0.15, 0.2) is 0 Å². The molecule has 2 nitrogen and oxygen atoms in total. The average molecular weight is 194 g/mol. The van der Waals surface area contributed by atoms with E-state index in [1.807, 2.05) is 0 Å². The van der Waals surface area contributed by atoms with Crippen LogP contribution in [0, 0.1) is 17.2 Å². The summed E-state index contributed by atoms with van der Waals surface area (Å²) < 4.78 is 0. The molecule has 0 aliphatic heterocycles. The Morgan fingerprint density at radius 1 is 1.36 bits per heavy atom. The lowest BCUT2D eigenvalue weighted by Gasteiger charge is -2.12. The minimum absolute atomic E-state index is 0.126. The van der Waals surface area contributed by atoms with Crippen LogP contribution in [0.5, 0.6) is 0 Å². The third-order valence-electron chi connectivity index (χ3n) is 2.47. The summed E-state index contributed by atoms with van der Waals surface area (Å²) in [4.78, 5) is 0. The number of allylic oxidation sites excluding steroid dienone is 3. The number of hydrogen-bond acceptors (Lipinski definition) is 2. The van der Waals surface area contributed by atoms with Gasteiger partial charge in [0.2, 0.25) is 0 Å². The highest BCUT2D eigenvalue weighted by Crippen LogP contribution is 2.12. The maximum absolute atomic E-state index is 7.73. The minimum atomic E-state index is 0.126. The SMILES string of the molecule is C=C(N)C(=N)C(/C=C\C(C)CC)CC. The molecule has 2 unspecified atom stereocenters. The average Bonchev–Trinajstić information content (AvgIpc) is 2.17. The van der Waals surface area contributed by atoms with Crippen LogP contribution in [0.15, 0.2) is 24.4 Å². The molecule has 0 aliphatic carbocycles. The fraction of sp³-hybridized carbons (Fsp3) is 0.583. The molecule has 0 radical (unpaired) electrons. The number of rotatable bonds is 6. The first-order chi connectivity index (χ1) is 6.52. The Labute approximate surface area is 87.4 Å². The van der Waals surface area contributed by atoms with Gasteiger partial charge in [0.05, 0.1) is 5.71 Å². The van der Waals surface area contributed by atoms with Crippen molar-refractivity contribution in [2.75, 3.05) is 0 Å². The Bertz CT molecular complexity index is 228. The number of hydrogen-bond donors (Lipinski definition) is 2. The summed E-state index contributed by atoms with van der Waals surface area (Å²) in [6, 6.07) is 0. The van der Waals surface area contributed by atoms with E-state index in [2.05, 4.69) is 39.5 Å². The molecule has 0 aliphatic rings. The van der Waals surface area contributed by atoms with E-state index in [9.17, 15) is 0 Å². The van der Waals surface area contributed by atoms with Crippen LogP contribution in [-0.4, -0.2) is 5.71 Å². The van der Waals surface area contributed by atoms with Gasteiger partial charge < -0.3 is 11.1 Å². The first-order valence-corrected chi connectivity index (χ1v) is 5.24. The fourth-order valence-corrected chi connectivity index (χ4v) is 1.13. The van der Waals surface area contributed by atoms with Crippen molar-refractivity contribution < 1.29 is 0 Å². The molecule has 0 aromatic carbocycles. The molecule has 0 amide bonds. The predicted molar refractivity (Wildman–Crippen MR) is 63.4 cm³/mol. The molecule has 0 aromatic rings. The van der Waals surface area contributed by atoms with Crippen molar-refractivity contribution in [3.63, 3.8) is 0 Å². The zero-order valence-electron chi connectivity index (χ0n) is 9.51. The van der Waals surface area contributed by atoms with Gasteiger partial charge in [-0.3, -0.25) is 0 Å². The largest absolute Gasteiger partial charge is 0.398 e. The molecule has 0 rings (SSSR count). The summed E-state index contributed by atoms with van der Waals surface area (Å²) in [5.74, 6) is 0.699. The van der Waals surface area contributed by atoms with Crippen LogP contribution in [0.2, 0.25) is 0 Å². The first-order valence-electron chi connectivity index (χ1n) is 5.24. The van der Waals surface area contributed by atoms with Gasteiger partial charge in [0, 0.05) is 11.6 Å². The van der Waals surface area contributed by atoms with Gasteiger partial charge in [-0.05, 0) is 12.3 Å². The summed E-state index contributed by atoms with van der Waals surface area (Å²) in [5.41, 5.74) is 6.33. The maximum Gasteiger partial charge on any atom is 0.0605 e. The second-order valence-electron chi connectivity index (χ2n) is 3.72. The maximum atomic E-state index is 7.73. The van der Waals surface area contributed by atoms with Crippen molar-refractivity contribution >= 4 is 5.71 Å². The van der Waals surface area contributed by atoms with Crippen LogP contribution in [0.3, 0.4) is 0 Å². The monoisotopic (exact) mass is 194 g/mol. The lowest BCUT2D eigenvalue weighted by Crippen LogP contribution is -2.17. The second-order valence-corrected chi connectivity index (χ2v) is 3.72. The Morgan fingerprint density at radius 3 is 2.29 bits per heavy atom. The molecule has 80 valence electrons. The summed E-state index contributed by atoms with van der Waals surface area (Å²) in [5, 5.41) is 7.73. The second kappa shape index (κ2) is 6.41. The van der Waals surface area contributed by atoms with E-state index < -0.39 is 0 Å². The van der Waals surface area contributed by atoms with Crippen molar-refractivity contribution in [3.05, 3.63) is 24.4 Å². The van der Waals surface area contributed by atoms with Crippen LogP contribution >= 0.6 is 0 Å². The standard InChI is InChI=1S/C12H22N2/c1-5-9(3)7-8-11(6-2)12(14)10(4)13/h7-9,11,14H,4-6,13H2,1-3H3/b8-7-,14-12?. The van der Waals surface area contributed by atoms with Crippen molar-refractivity contribution in [2.24, 2.45) is 17.6 Å². The molecule has 3 N–H and O–H groups in total. The summed E-state index contributed by atoms with van der Waals surface area (Å²) >= 11 is 0. The van der Waals surface area contributed by atoms with E-state index in [0.29, 0.717) is 17.3 Å². The van der Waals surface area contributed by atoms with Crippen LogP contribution in [0.4, 0.5) is 0 Å². The summed E-state index contributed by atoms with van der Waals surface area (Å²) in [6.07, 6.45) is 6.27. The first kappa shape index (κ1) is 12.9. The molecule has 14 heavy (non-hydrogen) atoms. The third-order valence-corrected chi connectivity index (χ3v) is 2.47. The van der Waals surface area contributed by atoms with Crippen LogP contribution in [0.1, 0.15) is 33.6 Å². The van der Waals surface area contributed by atoms with Crippen LogP contribution in [0.25, 0.3) is 0 Å². The summed E-state index contributed by atoms with van der Waals surface area (Å²) in [7, 11) is 0. The van der Waals surface area contributed by atoms with E-state index in [1.165, 1.54) is 0 Å². The smallest absolute Gasteiger partial charge is 0.0605 e. The molecule has 0 saturated heterocycles. The van der Waals surface area contributed by atoms with E-state index >= 15 is 0 Å². The molecule has 0 spiro atoms. The highest BCUT2D eigenvalue weighted by atomic mass is 14.6. The highest BCUT2D eigenvalue weighted by molar-refractivity contribution is 5.99. The Morgan fingerprint density at radius 2 is 1.93 bits per heavy atom. The minimum Gasteiger partial charge on any atom is -0.398 e. The Hall–Kier alpha value is -1.05. The molecule has 0 aromatic heterocycles. The Balaban J connectivity index is 4.36. The molecule has 0 bridgehead atoms. The van der Waals surface area contributed by atoms with Gasteiger partial charge in [-0.2, -0.15) is 0 Å². The van der Waals surface area contributed by atoms with Crippen molar-refractivity contribution in [3.8, 4) is 0 Å². The van der Waals surface area contributed by atoms with E-state index in [4.69, 9.17) is 11.1 Å². The number of nitrogens with one attached hydrogen (secondary N) is 1. The zero-order chi connectivity index (χ0) is 11.1. The van der Waals surface area contributed by atoms with Gasteiger partial charge in [-0.25, -0.2) is 0 Å². The lowest BCUT2D eigenvalue weighted by atomic mass is 9.96. The Kier molecular flexibility index (Phi) is 5.93. The topological polar surface area (TPSA) is 49.9 Å². The predicted octanol–water partition coefficient (Wildman–Crippen LogP) is 3.11. The van der Waals surface area contributed by atoms with Gasteiger partial charge in [-0.15, -0.1) is 0 Å². The van der Waals surface area contributed by atoms with Crippen LogP contribution in [-0.2, 0) is 0 Å². The molecule has 0 fully saturated rings. The molecule has 0 heterocycles. The zero-order valence-corrected chi connectivity index (χ0v) is 9.51.